The number of carbonyl (C=O) groups is 1. The van der Waals surface area contributed by atoms with E-state index in [1.54, 1.807) is 0 Å². The summed E-state index contributed by atoms with van der Waals surface area (Å²) in [5.41, 5.74) is 0.372. The Morgan fingerprint density at radius 1 is 1.50 bits per heavy atom. The van der Waals surface area contributed by atoms with Crippen molar-refractivity contribution in [3.05, 3.63) is 12.0 Å². The molecule has 0 amide bonds. The third-order valence-corrected chi connectivity index (χ3v) is 2.01. The molecular formula is C8H10N2O2. The summed E-state index contributed by atoms with van der Waals surface area (Å²) in [5.74, 6) is 0. The molecule has 0 atom stereocenters. The Hall–Kier alpha value is -1.32. The highest BCUT2D eigenvalue weighted by Crippen LogP contribution is 2.18. The minimum absolute atomic E-state index is 0.372. The maximum absolute atomic E-state index is 10.3. The first-order valence-electron chi connectivity index (χ1n) is 4.06. The van der Waals surface area contributed by atoms with Crippen molar-refractivity contribution in [3.63, 3.8) is 0 Å². The van der Waals surface area contributed by atoms with Gasteiger partial charge >= 0.3 is 0 Å². The van der Waals surface area contributed by atoms with Gasteiger partial charge in [-0.3, -0.25) is 4.79 Å². The molecule has 0 aliphatic carbocycles. The van der Waals surface area contributed by atoms with Crippen molar-refractivity contribution in [2.24, 2.45) is 0 Å². The predicted octanol–water partition coefficient (Wildman–Crippen LogP) is 1.09. The topological polar surface area (TPSA) is 46.3 Å². The lowest BCUT2D eigenvalue weighted by Gasteiger charge is -2.10. The van der Waals surface area contributed by atoms with Crippen LogP contribution in [0.15, 0.2) is 10.7 Å². The lowest BCUT2D eigenvalue weighted by molar-refractivity contribution is 0.111. The van der Waals surface area contributed by atoms with E-state index in [4.69, 9.17) is 4.42 Å². The number of aromatic nitrogens is 1. The number of carbonyl (C=O) groups excluding carboxylic acids is 1. The summed E-state index contributed by atoms with van der Waals surface area (Å²) in [5, 5.41) is 0. The van der Waals surface area contributed by atoms with Crippen LogP contribution in [0.25, 0.3) is 0 Å². The summed E-state index contributed by atoms with van der Waals surface area (Å²) in [7, 11) is 0. The lowest BCUT2D eigenvalue weighted by Crippen LogP contribution is -2.17. The second-order valence-electron chi connectivity index (χ2n) is 2.87. The number of nitrogens with zero attached hydrogens (tertiary/aromatic N) is 2. The average molecular weight is 166 g/mol. The number of hydrogen-bond donors (Lipinski definition) is 0. The van der Waals surface area contributed by atoms with Gasteiger partial charge in [-0.15, -0.1) is 0 Å². The molecular weight excluding hydrogens is 156 g/mol. The van der Waals surface area contributed by atoms with Gasteiger partial charge < -0.3 is 9.32 Å². The highest BCUT2D eigenvalue weighted by Gasteiger charge is 2.16. The molecule has 0 unspecified atom stereocenters. The predicted molar refractivity (Wildman–Crippen MR) is 43.3 cm³/mol. The van der Waals surface area contributed by atoms with Crippen LogP contribution in [-0.4, -0.2) is 24.4 Å². The molecule has 1 saturated heterocycles. The summed E-state index contributed by atoms with van der Waals surface area (Å²) >= 11 is 0. The SMILES string of the molecule is O=Cc1coc(N2CCCC2)n1. The average Bonchev–Trinajstić information content (AvgIpc) is 2.75. The summed E-state index contributed by atoms with van der Waals surface area (Å²) in [6, 6.07) is 0.578. The van der Waals surface area contributed by atoms with Crippen LogP contribution >= 0.6 is 0 Å². The van der Waals surface area contributed by atoms with Crippen LogP contribution in [0.3, 0.4) is 0 Å². The van der Waals surface area contributed by atoms with Crippen molar-refractivity contribution >= 4 is 12.3 Å². The van der Waals surface area contributed by atoms with Crippen LogP contribution < -0.4 is 4.90 Å². The molecule has 64 valence electrons. The molecule has 0 spiro atoms. The van der Waals surface area contributed by atoms with Crippen LogP contribution in [-0.2, 0) is 0 Å². The van der Waals surface area contributed by atoms with E-state index in [-0.39, 0.29) is 0 Å². The van der Waals surface area contributed by atoms with Gasteiger partial charge in [0.05, 0.1) is 0 Å². The zero-order chi connectivity index (χ0) is 8.39. The molecule has 2 heterocycles. The van der Waals surface area contributed by atoms with E-state index < -0.39 is 0 Å². The quantitative estimate of drug-likeness (QED) is 0.617. The highest BCUT2D eigenvalue weighted by atomic mass is 16.4. The minimum atomic E-state index is 0.372. The van der Waals surface area contributed by atoms with Crippen molar-refractivity contribution in [2.75, 3.05) is 18.0 Å². The molecule has 1 aromatic heterocycles. The van der Waals surface area contributed by atoms with Crippen molar-refractivity contribution < 1.29 is 9.21 Å². The molecule has 1 fully saturated rings. The van der Waals surface area contributed by atoms with Gasteiger partial charge in [0.15, 0.2) is 6.29 Å². The number of anilines is 1. The first-order valence-corrected chi connectivity index (χ1v) is 4.06. The minimum Gasteiger partial charge on any atom is -0.431 e. The largest absolute Gasteiger partial charge is 0.431 e. The number of hydrogen-bond acceptors (Lipinski definition) is 4. The van der Waals surface area contributed by atoms with E-state index in [9.17, 15) is 4.79 Å². The van der Waals surface area contributed by atoms with Gasteiger partial charge in [0.1, 0.15) is 12.0 Å². The molecule has 1 aliphatic heterocycles. The molecule has 1 aliphatic rings. The van der Waals surface area contributed by atoms with Gasteiger partial charge in [0, 0.05) is 13.1 Å². The first-order chi connectivity index (χ1) is 5.90. The molecule has 0 aromatic carbocycles. The van der Waals surface area contributed by atoms with Gasteiger partial charge in [0.2, 0.25) is 0 Å². The first kappa shape index (κ1) is 7.34. The molecule has 12 heavy (non-hydrogen) atoms. The Labute approximate surface area is 70.2 Å². The Morgan fingerprint density at radius 3 is 2.83 bits per heavy atom. The highest BCUT2D eigenvalue weighted by molar-refractivity contribution is 5.71. The zero-order valence-electron chi connectivity index (χ0n) is 6.69. The summed E-state index contributed by atoms with van der Waals surface area (Å²) in [4.78, 5) is 16.3. The van der Waals surface area contributed by atoms with E-state index in [1.807, 2.05) is 4.90 Å². The van der Waals surface area contributed by atoms with Crippen LogP contribution in [0, 0.1) is 0 Å². The summed E-state index contributed by atoms with van der Waals surface area (Å²) in [6.45, 7) is 1.97. The number of aldehydes is 1. The smallest absolute Gasteiger partial charge is 0.297 e. The zero-order valence-corrected chi connectivity index (χ0v) is 6.69. The Bertz CT molecular complexity index is 276. The van der Waals surface area contributed by atoms with Gasteiger partial charge in [0.25, 0.3) is 6.01 Å². The molecule has 0 saturated carbocycles. The third kappa shape index (κ3) is 1.20. The van der Waals surface area contributed by atoms with Gasteiger partial charge in [-0.1, -0.05) is 0 Å². The summed E-state index contributed by atoms with van der Waals surface area (Å²) < 4.78 is 5.12. The van der Waals surface area contributed by atoms with Crippen molar-refractivity contribution in [1.29, 1.82) is 0 Å². The van der Waals surface area contributed by atoms with E-state index in [0.29, 0.717) is 18.0 Å². The Kier molecular flexibility index (Phi) is 1.81. The lowest BCUT2D eigenvalue weighted by atomic mass is 10.4. The maximum atomic E-state index is 10.3. The van der Waals surface area contributed by atoms with E-state index in [0.717, 1.165) is 13.1 Å². The van der Waals surface area contributed by atoms with Crippen LogP contribution in [0.2, 0.25) is 0 Å². The van der Waals surface area contributed by atoms with E-state index in [2.05, 4.69) is 4.98 Å². The van der Waals surface area contributed by atoms with Gasteiger partial charge in [-0.25, -0.2) is 0 Å². The van der Waals surface area contributed by atoms with E-state index in [1.165, 1.54) is 19.1 Å². The van der Waals surface area contributed by atoms with E-state index >= 15 is 0 Å². The molecule has 0 bridgehead atoms. The molecule has 1 aromatic rings. The second kappa shape index (κ2) is 2.97. The van der Waals surface area contributed by atoms with Crippen molar-refractivity contribution in [2.45, 2.75) is 12.8 Å². The Balaban J connectivity index is 2.16. The van der Waals surface area contributed by atoms with Crippen LogP contribution in [0.1, 0.15) is 23.3 Å². The van der Waals surface area contributed by atoms with Crippen LogP contribution in [0.4, 0.5) is 6.01 Å². The monoisotopic (exact) mass is 166 g/mol. The molecule has 4 heteroatoms. The van der Waals surface area contributed by atoms with Gasteiger partial charge in [-0.05, 0) is 12.8 Å². The molecule has 0 radical (unpaired) electrons. The normalized spacial score (nSPS) is 16.8. The fourth-order valence-electron chi connectivity index (χ4n) is 1.38. The van der Waals surface area contributed by atoms with Crippen molar-refractivity contribution in [3.8, 4) is 0 Å². The second-order valence-corrected chi connectivity index (χ2v) is 2.87. The van der Waals surface area contributed by atoms with Crippen molar-refractivity contribution in [1.82, 2.24) is 4.98 Å². The van der Waals surface area contributed by atoms with Crippen LogP contribution in [0.5, 0.6) is 0 Å². The molecule has 4 nitrogen and oxygen atoms in total. The standard InChI is InChI=1S/C8H10N2O2/c11-5-7-6-12-8(9-7)10-3-1-2-4-10/h5-6H,1-4H2. The molecule has 0 N–H and O–H groups in total. The third-order valence-electron chi connectivity index (χ3n) is 2.01. The summed E-state index contributed by atoms with van der Waals surface area (Å²) in [6.07, 6.45) is 4.45. The number of rotatable bonds is 2. The number of oxazole rings is 1. The fourth-order valence-corrected chi connectivity index (χ4v) is 1.38. The van der Waals surface area contributed by atoms with Gasteiger partial charge in [-0.2, -0.15) is 4.98 Å². The molecule has 2 rings (SSSR count). The Morgan fingerprint density at radius 2 is 2.25 bits per heavy atom. The fraction of sp³-hybridized carbons (Fsp3) is 0.500. The maximum Gasteiger partial charge on any atom is 0.297 e.